The van der Waals surface area contributed by atoms with Crippen LogP contribution in [0.4, 0.5) is 4.39 Å². The Balaban J connectivity index is 2.12. The van der Waals surface area contributed by atoms with Crippen molar-refractivity contribution in [2.24, 2.45) is 0 Å². The van der Waals surface area contributed by atoms with Crippen LogP contribution in [0.25, 0.3) is 0 Å². The molecule has 0 atom stereocenters. The van der Waals surface area contributed by atoms with Crippen molar-refractivity contribution in [3.05, 3.63) is 29.6 Å². The maximum atomic E-state index is 13.8. The van der Waals surface area contributed by atoms with Gasteiger partial charge in [0, 0.05) is 6.54 Å². The first-order chi connectivity index (χ1) is 11.7. The van der Waals surface area contributed by atoms with Crippen molar-refractivity contribution in [1.29, 1.82) is 0 Å². The summed E-state index contributed by atoms with van der Waals surface area (Å²) in [6.07, 6.45) is 3.36. The maximum absolute atomic E-state index is 13.8. The predicted molar refractivity (Wildman–Crippen MR) is 98.4 cm³/mol. The first-order valence-corrected chi connectivity index (χ1v) is 9.07. The number of carbonyl (C=O) groups excluding carboxylic acids is 1. The summed E-state index contributed by atoms with van der Waals surface area (Å²) in [4.78, 5) is 12.2. The highest BCUT2D eigenvalue weighted by Crippen LogP contribution is 2.36. The highest BCUT2D eigenvalue weighted by molar-refractivity contribution is 6.62. The van der Waals surface area contributed by atoms with Crippen LogP contribution in [-0.2, 0) is 20.5 Å². The minimum absolute atomic E-state index is 0.0690. The quantitative estimate of drug-likeness (QED) is 0.608. The van der Waals surface area contributed by atoms with Crippen LogP contribution in [0.15, 0.2) is 18.2 Å². The molecule has 138 valence electrons. The van der Waals surface area contributed by atoms with E-state index < -0.39 is 18.3 Å². The van der Waals surface area contributed by atoms with Crippen LogP contribution in [0, 0.1) is 5.82 Å². The van der Waals surface area contributed by atoms with Crippen molar-refractivity contribution < 1.29 is 18.5 Å². The lowest BCUT2D eigenvalue weighted by atomic mass is 9.75. The van der Waals surface area contributed by atoms with Crippen molar-refractivity contribution in [1.82, 2.24) is 5.32 Å². The molecule has 1 aromatic carbocycles. The number of hydrogen-bond donors (Lipinski definition) is 1. The van der Waals surface area contributed by atoms with Crippen LogP contribution < -0.4 is 10.8 Å². The molecule has 1 N–H and O–H groups in total. The van der Waals surface area contributed by atoms with Gasteiger partial charge in [-0.1, -0.05) is 25.8 Å². The number of rotatable bonds is 7. The Labute approximate surface area is 150 Å². The summed E-state index contributed by atoms with van der Waals surface area (Å²) in [7, 11) is -0.677. The van der Waals surface area contributed by atoms with Crippen LogP contribution in [0.2, 0.25) is 0 Å². The first kappa shape index (κ1) is 19.9. The number of unbranched alkanes of at least 4 members (excludes halogenated alkanes) is 2. The summed E-state index contributed by atoms with van der Waals surface area (Å²) in [5.74, 6) is -0.433. The SMILES string of the molecule is CCCCCNC(=O)Cc1ccc(F)cc1B1OC(C)(C)C(C)(C)O1. The monoisotopic (exact) mass is 349 g/mol. The van der Waals surface area contributed by atoms with Crippen LogP contribution in [0.3, 0.4) is 0 Å². The van der Waals surface area contributed by atoms with E-state index in [1.165, 1.54) is 12.1 Å². The van der Waals surface area contributed by atoms with E-state index in [4.69, 9.17) is 9.31 Å². The van der Waals surface area contributed by atoms with Crippen molar-refractivity contribution in [3.8, 4) is 0 Å². The standard InChI is InChI=1S/C19H29BFNO3/c1-6-7-8-11-22-17(23)12-14-9-10-15(21)13-16(14)20-24-18(2,3)19(4,5)25-20/h9-10,13H,6-8,11-12H2,1-5H3,(H,22,23). The van der Waals surface area contributed by atoms with Gasteiger partial charge in [0.15, 0.2) is 0 Å². The van der Waals surface area contributed by atoms with Crippen molar-refractivity contribution in [2.45, 2.75) is 71.5 Å². The van der Waals surface area contributed by atoms with Crippen LogP contribution in [0.5, 0.6) is 0 Å². The third-order valence-corrected chi connectivity index (χ3v) is 5.07. The number of hydrogen-bond acceptors (Lipinski definition) is 3. The van der Waals surface area contributed by atoms with Crippen molar-refractivity contribution in [3.63, 3.8) is 0 Å². The fourth-order valence-electron chi connectivity index (χ4n) is 2.75. The largest absolute Gasteiger partial charge is 0.495 e. The molecule has 1 saturated heterocycles. The van der Waals surface area contributed by atoms with Gasteiger partial charge in [-0.25, -0.2) is 4.39 Å². The van der Waals surface area contributed by atoms with E-state index in [9.17, 15) is 9.18 Å². The Hall–Kier alpha value is -1.40. The zero-order valence-electron chi connectivity index (χ0n) is 15.9. The first-order valence-electron chi connectivity index (χ1n) is 9.07. The maximum Gasteiger partial charge on any atom is 0.495 e. The van der Waals surface area contributed by atoms with Gasteiger partial charge >= 0.3 is 7.12 Å². The minimum Gasteiger partial charge on any atom is -0.399 e. The van der Waals surface area contributed by atoms with E-state index >= 15 is 0 Å². The number of halogens is 1. The van der Waals surface area contributed by atoms with Crippen LogP contribution >= 0.6 is 0 Å². The van der Waals surface area contributed by atoms with Crippen LogP contribution in [-0.4, -0.2) is 30.8 Å². The zero-order chi connectivity index (χ0) is 18.7. The molecule has 1 aromatic rings. The molecule has 0 spiro atoms. The lowest BCUT2D eigenvalue weighted by Gasteiger charge is -2.32. The molecule has 1 fully saturated rings. The van der Waals surface area contributed by atoms with Gasteiger partial charge in [0.05, 0.1) is 17.6 Å². The van der Waals surface area contributed by atoms with Gasteiger partial charge in [0.2, 0.25) is 5.91 Å². The Morgan fingerprint density at radius 2 is 1.80 bits per heavy atom. The Morgan fingerprint density at radius 3 is 2.40 bits per heavy atom. The summed E-state index contributed by atoms with van der Waals surface area (Å²) >= 11 is 0. The molecule has 0 saturated carbocycles. The predicted octanol–water partition coefficient (Wildman–Crippen LogP) is 2.97. The third-order valence-electron chi connectivity index (χ3n) is 5.07. The Kier molecular flexibility index (Phi) is 6.28. The highest BCUT2D eigenvalue weighted by atomic mass is 19.1. The average molecular weight is 349 g/mol. The normalized spacial score (nSPS) is 18.4. The summed E-state index contributed by atoms with van der Waals surface area (Å²) in [5.41, 5.74) is 0.295. The molecule has 2 rings (SSSR count). The van der Waals surface area contributed by atoms with E-state index in [0.717, 1.165) is 24.8 Å². The molecule has 0 aliphatic carbocycles. The zero-order valence-corrected chi connectivity index (χ0v) is 15.9. The Bertz CT molecular complexity index is 603. The molecule has 6 heteroatoms. The number of amides is 1. The van der Waals surface area contributed by atoms with Gasteiger partial charge in [0.1, 0.15) is 5.82 Å². The number of nitrogens with one attached hydrogen (secondary N) is 1. The fraction of sp³-hybridized carbons (Fsp3) is 0.632. The average Bonchev–Trinajstić information content (AvgIpc) is 2.74. The molecule has 1 amide bonds. The fourth-order valence-corrected chi connectivity index (χ4v) is 2.75. The van der Waals surface area contributed by atoms with Gasteiger partial charge in [-0.3, -0.25) is 4.79 Å². The summed E-state index contributed by atoms with van der Waals surface area (Å²) in [6.45, 7) is 10.6. The highest BCUT2D eigenvalue weighted by Gasteiger charge is 2.52. The van der Waals surface area contributed by atoms with Gasteiger partial charge in [-0.15, -0.1) is 0 Å². The Morgan fingerprint density at radius 1 is 1.16 bits per heavy atom. The molecule has 25 heavy (non-hydrogen) atoms. The minimum atomic E-state index is -0.677. The summed E-state index contributed by atoms with van der Waals surface area (Å²) in [6, 6.07) is 4.41. The summed E-state index contributed by atoms with van der Waals surface area (Å²) in [5, 5.41) is 2.92. The van der Waals surface area contributed by atoms with E-state index in [2.05, 4.69) is 12.2 Å². The molecule has 4 nitrogen and oxygen atoms in total. The molecule has 0 unspecified atom stereocenters. The second-order valence-corrected chi connectivity index (χ2v) is 7.67. The van der Waals surface area contributed by atoms with E-state index in [-0.39, 0.29) is 18.1 Å². The summed E-state index contributed by atoms with van der Waals surface area (Å²) < 4.78 is 25.8. The molecule has 0 bridgehead atoms. The van der Waals surface area contributed by atoms with Gasteiger partial charge < -0.3 is 14.6 Å². The third kappa shape index (κ3) is 4.82. The van der Waals surface area contributed by atoms with E-state index in [0.29, 0.717) is 12.0 Å². The van der Waals surface area contributed by atoms with E-state index in [1.807, 2.05) is 27.7 Å². The molecule has 1 heterocycles. The lowest BCUT2D eigenvalue weighted by Crippen LogP contribution is -2.41. The number of carbonyl (C=O) groups is 1. The van der Waals surface area contributed by atoms with E-state index in [1.54, 1.807) is 6.07 Å². The second-order valence-electron chi connectivity index (χ2n) is 7.67. The van der Waals surface area contributed by atoms with Crippen LogP contribution in [0.1, 0.15) is 59.4 Å². The lowest BCUT2D eigenvalue weighted by molar-refractivity contribution is -0.120. The second kappa shape index (κ2) is 7.87. The molecular weight excluding hydrogens is 320 g/mol. The smallest absolute Gasteiger partial charge is 0.399 e. The topological polar surface area (TPSA) is 47.6 Å². The molecule has 0 aromatic heterocycles. The van der Waals surface area contributed by atoms with Crippen molar-refractivity contribution >= 4 is 18.5 Å². The molecule has 1 aliphatic rings. The van der Waals surface area contributed by atoms with Crippen molar-refractivity contribution in [2.75, 3.05) is 6.54 Å². The molecule has 0 radical (unpaired) electrons. The molecular formula is C19H29BFNO3. The molecule has 1 aliphatic heterocycles. The van der Waals surface area contributed by atoms with Gasteiger partial charge in [-0.2, -0.15) is 0 Å². The number of benzene rings is 1. The van der Waals surface area contributed by atoms with Gasteiger partial charge in [0.25, 0.3) is 0 Å². The van der Waals surface area contributed by atoms with Gasteiger partial charge in [-0.05, 0) is 57.3 Å².